The fourth-order valence-electron chi connectivity index (χ4n) is 3.91. The van der Waals surface area contributed by atoms with Gasteiger partial charge >= 0.3 is 0 Å². The van der Waals surface area contributed by atoms with Gasteiger partial charge < -0.3 is 11.1 Å². The number of amides is 2. The highest BCUT2D eigenvalue weighted by molar-refractivity contribution is 8.14. The first-order valence-electron chi connectivity index (χ1n) is 11.1. The van der Waals surface area contributed by atoms with Crippen LogP contribution < -0.4 is 16.4 Å². The quantitative estimate of drug-likeness (QED) is 0.486. The number of aromatic nitrogens is 2. The van der Waals surface area contributed by atoms with Gasteiger partial charge in [0.2, 0.25) is 5.91 Å². The molecule has 1 aliphatic heterocycles. The number of aliphatic imine (C=N–C) groups is 1. The molecule has 0 saturated heterocycles. The Hall–Kier alpha value is -3.08. The van der Waals surface area contributed by atoms with Crippen molar-refractivity contribution in [3.8, 4) is 0 Å². The number of carbonyl (C=O) groups excluding carboxylic acids is 2. The Kier molecular flexibility index (Phi) is 6.70. The molecule has 3 heterocycles. The minimum atomic E-state index is -0.427. The van der Waals surface area contributed by atoms with E-state index in [1.807, 2.05) is 24.3 Å². The molecule has 4 N–H and O–H groups in total. The highest BCUT2D eigenvalue weighted by Gasteiger charge is 2.25. The van der Waals surface area contributed by atoms with Gasteiger partial charge in [0.1, 0.15) is 6.04 Å². The van der Waals surface area contributed by atoms with Crippen molar-refractivity contribution in [3.63, 3.8) is 0 Å². The van der Waals surface area contributed by atoms with Crippen LogP contribution in [0.25, 0.3) is 0 Å². The number of pyridine rings is 1. The monoisotopic (exact) mass is 492 g/mol. The molecule has 3 aromatic rings. The molecular weight excluding hydrogens is 468 g/mol. The van der Waals surface area contributed by atoms with Gasteiger partial charge in [0.05, 0.1) is 10.7 Å². The van der Waals surface area contributed by atoms with Crippen LogP contribution in [0.4, 0.5) is 5.13 Å². The number of thiazole rings is 1. The molecule has 1 unspecified atom stereocenters. The predicted octanol–water partition coefficient (Wildman–Crippen LogP) is 2.78. The number of nitrogens with two attached hydrogens (primary N) is 1. The number of hydrogen-bond acceptors (Lipinski definition) is 8. The molecule has 0 fully saturated rings. The van der Waals surface area contributed by atoms with Crippen LogP contribution in [0.2, 0.25) is 0 Å². The molecule has 0 bridgehead atoms. The zero-order chi connectivity index (χ0) is 23.5. The number of thioether (sulfide) groups is 1. The van der Waals surface area contributed by atoms with Crippen LogP contribution in [0.3, 0.4) is 0 Å². The van der Waals surface area contributed by atoms with Gasteiger partial charge in [-0.15, -0.1) is 23.1 Å². The van der Waals surface area contributed by atoms with Gasteiger partial charge in [-0.05, 0) is 49.1 Å². The first kappa shape index (κ1) is 22.7. The van der Waals surface area contributed by atoms with Crippen molar-refractivity contribution in [3.05, 3.63) is 76.1 Å². The van der Waals surface area contributed by atoms with Crippen molar-refractivity contribution in [1.82, 2.24) is 15.3 Å². The molecule has 1 aromatic carbocycles. The van der Waals surface area contributed by atoms with Crippen molar-refractivity contribution in [2.75, 3.05) is 11.1 Å². The number of fused-ring (bicyclic) bond motifs is 1. The van der Waals surface area contributed by atoms with Crippen LogP contribution in [0.15, 0.2) is 53.8 Å². The number of rotatable bonds is 6. The third-order valence-electron chi connectivity index (χ3n) is 5.74. The number of carbonyl (C=O) groups is 2. The normalized spacial score (nSPS) is 19.3. The molecule has 2 aromatic heterocycles. The minimum absolute atomic E-state index is 0.127. The van der Waals surface area contributed by atoms with Crippen molar-refractivity contribution in [2.45, 2.75) is 37.9 Å². The van der Waals surface area contributed by atoms with E-state index in [4.69, 9.17) is 5.73 Å². The van der Waals surface area contributed by atoms with E-state index < -0.39 is 6.04 Å². The second kappa shape index (κ2) is 10.0. The van der Waals surface area contributed by atoms with E-state index in [1.54, 1.807) is 36.3 Å². The van der Waals surface area contributed by atoms with Crippen LogP contribution in [0.1, 0.15) is 38.5 Å². The van der Waals surface area contributed by atoms with Gasteiger partial charge in [0.15, 0.2) is 5.13 Å². The summed E-state index contributed by atoms with van der Waals surface area (Å²) in [5, 5.41) is 7.30. The lowest BCUT2D eigenvalue weighted by Crippen LogP contribution is -2.33. The highest BCUT2D eigenvalue weighted by atomic mass is 32.2. The average Bonchev–Trinajstić information content (AvgIpc) is 3.50. The Morgan fingerprint density at radius 2 is 2.03 bits per heavy atom. The first-order valence-corrected chi connectivity index (χ1v) is 12.9. The van der Waals surface area contributed by atoms with Gasteiger partial charge in [-0.3, -0.25) is 24.9 Å². The molecule has 10 heteroatoms. The van der Waals surface area contributed by atoms with Gasteiger partial charge in [-0.25, -0.2) is 4.98 Å². The van der Waals surface area contributed by atoms with E-state index in [1.165, 1.54) is 11.3 Å². The van der Waals surface area contributed by atoms with E-state index in [0.717, 1.165) is 46.0 Å². The molecule has 0 radical (unpaired) electrons. The van der Waals surface area contributed by atoms with Crippen LogP contribution in [-0.4, -0.2) is 44.7 Å². The summed E-state index contributed by atoms with van der Waals surface area (Å²) < 4.78 is 0. The van der Waals surface area contributed by atoms with Crippen molar-refractivity contribution < 1.29 is 9.59 Å². The minimum Gasteiger partial charge on any atom is -0.350 e. The molecule has 2 atom stereocenters. The summed E-state index contributed by atoms with van der Waals surface area (Å²) in [6, 6.07) is 10.7. The maximum atomic E-state index is 12.8. The van der Waals surface area contributed by atoms with Crippen LogP contribution in [0.5, 0.6) is 0 Å². The summed E-state index contributed by atoms with van der Waals surface area (Å²) >= 11 is 3.06. The second-order valence-electron chi connectivity index (χ2n) is 8.26. The lowest BCUT2D eigenvalue weighted by atomic mass is 9.99. The molecule has 174 valence electrons. The molecule has 2 aliphatic rings. The van der Waals surface area contributed by atoms with Crippen molar-refractivity contribution >= 4 is 45.1 Å². The molecule has 0 saturated carbocycles. The SMILES string of the molecule is N[C@H]1CCc2nc(NC(=O)c3cccc(CNC(=O)C4CSC(c5ccncc5)=N4)c3)sc2C1. The van der Waals surface area contributed by atoms with Crippen LogP contribution in [-0.2, 0) is 24.2 Å². The average molecular weight is 493 g/mol. The maximum absolute atomic E-state index is 12.8. The Morgan fingerprint density at radius 3 is 2.88 bits per heavy atom. The van der Waals surface area contributed by atoms with E-state index in [9.17, 15) is 9.59 Å². The Bertz CT molecular complexity index is 1240. The number of nitrogens with zero attached hydrogens (tertiary/aromatic N) is 3. The summed E-state index contributed by atoms with van der Waals surface area (Å²) in [6.07, 6.45) is 6.02. The van der Waals surface area contributed by atoms with Gasteiger partial charge in [-0.2, -0.15) is 0 Å². The summed E-state index contributed by atoms with van der Waals surface area (Å²) in [4.78, 5) is 39.7. The van der Waals surface area contributed by atoms with E-state index >= 15 is 0 Å². The first-order chi connectivity index (χ1) is 16.5. The topological polar surface area (TPSA) is 122 Å². The van der Waals surface area contributed by atoms with Crippen molar-refractivity contribution in [1.29, 1.82) is 0 Å². The predicted molar refractivity (Wildman–Crippen MR) is 135 cm³/mol. The Labute approximate surface area is 205 Å². The number of benzene rings is 1. The number of nitrogens with one attached hydrogen (secondary N) is 2. The molecule has 2 amide bonds. The van der Waals surface area contributed by atoms with E-state index in [-0.39, 0.29) is 17.9 Å². The summed E-state index contributed by atoms with van der Waals surface area (Å²) in [5.74, 6) is 0.259. The molecule has 34 heavy (non-hydrogen) atoms. The van der Waals surface area contributed by atoms with Crippen LogP contribution in [0, 0.1) is 0 Å². The van der Waals surface area contributed by atoms with Gasteiger partial charge in [-0.1, -0.05) is 12.1 Å². The second-order valence-corrected chi connectivity index (χ2v) is 10.4. The summed E-state index contributed by atoms with van der Waals surface area (Å²) in [5.41, 5.74) is 9.41. The molecular formula is C24H24N6O2S2. The zero-order valence-corrected chi connectivity index (χ0v) is 20.0. The Balaban J connectivity index is 1.18. The number of anilines is 1. The van der Waals surface area contributed by atoms with E-state index in [0.29, 0.717) is 23.0 Å². The van der Waals surface area contributed by atoms with Gasteiger partial charge in [0, 0.05) is 46.7 Å². The maximum Gasteiger partial charge on any atom is 0.257 e. The van der Waals surface area contributed by atoms with Crippen molar-refractivity contribution in [2.24, 2.45) is 10.7 Å². The smallest absolute Gasteiger partial charge is 0.257 e. The lowest BCUT2D eigenvalue weighted by Gasteiger charge is -2.15. The Morgan fingerprint density at radius 1 is 1.18 bits per heavy atom. The standard InChI is InChI=1S/C24H24N6O2S2/c25-17-4-5-18-20(11-17)34-24(29-18)30-21(31)16-3-1-2-14(10-16)12-27-22(32)19-13-33-23(28-19)15-6-8-26-9-7-15/h1-3,6-10,17,19H,4-5,11-13,25H2,(H,27,32)(H,29,30,31)/t17-,19?/m0/s1. The zero-order valence-electron chi connectivity index (χ0n) is 18.4. The molecule has 1 aliphatic carbocycles. The van der Waals surface area contributed by atoms with Gasteiger partial charge in [0.25, 0.3) is 5.91 Å². The summed E-state index contributed by atoms with van der Waals surface area (Å²) in [7, 11) is 0. The van der Waals surface area contributed by atoms with E-state index in [2.05, 4.69) is 25.6 Å². The summed E-state index contributed by atoms with van der Waals surface area (Å²) in [6.45, 7) is 0.324. The fourth-order valence-corrected chi connectivity index (χ4v) is 6.06. The van der Waals surface area contributed by atoms with Crippen LogP contribution >= 0.6 is 23.1 Å². The lowest BCUT2D eigenvalue weighted by molar-refractivity contribution is -0.121. The third-order valence-corrected chi connectivity index (χ3v) is 7.87. The molecule has 5 rings (SSSR count). The molecule has 0 spiro atoms. The number of aryl methyl sites for hydroxylation is 1. The molecule has 8 nitrogen and oxygen atoms in total. The largest absolute Gasteiger partial charge is 0.350 e. The fraction of sp³-hybridized carbons (Fsp3) is 0.292. The number of hydrogen-bond donors (Lipinski definition) is 3. The third kappa shape index (κ3) is 5.19. The highest BCUT2D eigenvalue weighted by Crippen LogP contribution is 2.29.